The number of carbonyl (C=O) groups excluding carboxylic acids is 1. The fourth-order valence-electron chi connectivity index (χ4n) is 4.06. The van der Waals surface area contributed by atoms with Crippen molar-refractivity contribution in [1.29, 1.82) is 0 Å². The Morgan fingerprint density at radius 2 is 1.85 bits per heavy atom. The lowest BCUT2D eigenvalue weighted by Gasteiger charge is -2.20. The molecule has 168 valence electrons. The van der Waals surface area contributed by atoms with Crippen LogP contribution in [0.3, 0.4) is 0 Å². The van der Waals surface area contributed by atoms with Crippen LogP contribution in [-0.2, 0) is 4.79 Å². The van der Waals surface area contributed by atoms with Crippen LogP contribution in [0.2, 0.25) is 0 Å². The molecule has 8 heteroatoms. The van der Waals surface area contributed by atoms with Crippen molar-refractivity contribution in [1.82, 2.24) is 5.01 Å². The number of amides is 1. The molecule has 1 amide bonds. The first-order valence-electron chi connectivity index (χ1n) is 10.7. The van der Waals surface area contributed by atoms with Gasteiger partial charge >= 0.3 is 5.63 Å². The van der Waals surface area contributed by atoms with E-state index in [2.05, 4.69) is 5.10 Å². The number of fused-ring (bicyclic) bond motifs is 2. The van der Waals surface area contributed by atoms with E-state index >= 15 is 0 Å². The van der Waals surface area contributed by atoms with Crippen molar-refractivity contribution >= 4 is 33.6 Å². The quantitative estimate of drug-likeness (QED) is 0.351. The molecule has 34 heavy (non-hydrogen) atoms. The zero-order chi connectivity index (χ0) is 23.1. The SMILES string of the molecule is O=C(COc1ccc2ccc(=O)oc2c1)N1N=C(c2cc3ccccc3o2)CC1c1ccco1. The molecule has 0 saturated heterocycles. The fourth-order valence-corrected chi connectivity index (χ4v) is 4.06. The van der Waals surface area contributed by atoms with Crippen molar-refractivity contribution in [3.05, 3.63) is 101 Å². The van der Waals surface area contributed by atoms with E-state index in [4.69, 9.17) is 18.0 Å². The van der Waals surface area contributed by atoms with Crippen LogP contribution in [0.25, 0.3) is 21.9 Å². The number of hydrogen-bond acceptors (Lipinski definition) is 7. The molecule has 5 aromatic rings. The summed E-state index contributed by atoms with van der Waals surface area (Å²) in [6.07, 6.45) is 2.01. The van der Waals surface area contributed by atoms with E-state index in [0.29, 0.717) is 35.0 Å². The molecule has 1 aliphatic heterocycles. The topological polar surface area (TPSA) is 98.4 Å². The molecule has 6 rings (SSSR count). The summed E-state index contributed by atoms with van der Waals surface area (Å²) in [5, 5.41) is 7.67. The van der Waals surface area contributed by atoms with Gasteiger partial charge in [0.1, 0.15) is 34.4 Å². The summed E-state index contributed by atoms with van der Waals surface area (Å²) in [5.74, 6) is 1.29. The fraction of sp³-hybridized carbons (Fsp3) is 0.115. The first-order valence-corrected chi connectivity index (χ1v) is 10.7. The summed E-state index contributed by atoms with van der Waals surface area (Å²) >= 11 is 0. The van der Waals surface area contributed by atoms with Gasteiger partial charge in [0, 0.05) is 29.3 Å². The molecule has 0 bridgehead atoms. The number of ether oxygens (including phenoxy) is 1. The summed E-state index contributed by atoms with van der Waals surface area (Å²) in [5.41, 5.74) is 1.34. The molecule has 0 spiro atoms. The molecule has 1 aliphatic rings. The van der Waals surface area contributed by atoms with Crippen LogP contribution in [0.5, 0.6) is 5.75 Å². The van der Waals surface area contributed by atoms with Gasteiger partial charge in [-0.25, -0.2) is 9.80 Å². The zero-order valence-electron chi connectivity index (χ0n) is 17.8. The number of benzene rings is 2. The van der Waals surface area contributed by atoms with E-state index in [-0.39, 0.29) is 12.5 Å². The monoisotopic (exact) mass is 454 g/mol. The maximum Gasteiger partial charge on any atom is 0.336 e. The van der Waals surface area contributed by atoms with Crippen LogP contribution < -0.4 is 10.4 Å². The summed E-state index contributed by atoms with van der Waals surface area (Å²) in [6, 6.07) is 20.9. The minimum atomic E-state index is -0.452. The summed E-state index contributed by atoms with van der Waals surface area (Å²) in [4.78, 5) is 24.6. The lowest BCUT2D eigenvalue weighted by Crippen LogP contribution is -2.31. The smallest absolute Gasteiger partial charge is 0.336 e. The number of para-hydroxylation sites is 1. The Bertz CT molecular complexity index is 1560. The third kappa shape index (κ3) is 3.65. The first kappa shape index (κ1) is 20.0. The van der Waals surface area contributed by atoms with E-state index < -0.39 is 11.7 Å². The molecule has 0 saturated carbocycles. The van der Waals surface area contributed by atoms with E-state index in [1.165, 1.54) is 11.1 Å². The van der Waals surface area contributed by atoms with Gasteiger partial charge < -0.3 is 18.0 Å². The number of hydrogen-bond donors (Lipinski definition) is 0. The van der Waals surface area contributed by atoms with E-state index in [1.807, 2.05) is 36.4 Å². The van der Waals surface area contributed by atoms with E-state index in [9.17, 15) is 9.59 Å². The van der Waals surface area contributed by atoms with Crippen molar-refractivity contribution < 1.29 is 22.8 Å². The summed E-state index contributed by atoms with van der Waals surface area (Å²) in [6.45, 7) is -0.253. The zero-order valence-corrected chi connectivity index (χ0v) is 17.8. The van der Waals surface area contributed by atoms with Gasteiger partial charge in [0.15, 0.2) is 12.4 Å². The van der Waals surface area contributed by atoms with Crippen molar-refractivity contribution in [3.63, 3.8) is 0 Å². The maximum absolute atomic E-state index is 13.1. The highest BCUT2D eigenvalue weighted by Gasteiger charge is 2.36. The van der Waals surface area contributed by atoms with Gasteiger partial charge in [-0.15, -0.1) is 0 Å². The number of hydrazone groups is 1. The van der Waals surface area contributed by atoms with Gasteiger partial charge in [-0.1, -0.05) is 18.2 Å². The predicted molar refractivity (Wildman–Crippen MR) is 124 cm³/mol. The molecule has 0 fully saturated rings. The molecule has 0 radical (unpaired) electrons. The largest absolute Gasteiger partial charge is 0.484 e. The van der Waals surface area contributed by atoms with Crippen molar-refractivity contribution in [3.8, 4) is 5.75 Å². The maximum atomic E-state index is 13.1. The molecule has 1 unspecified atom stereocenters. The Balaban J connectivity index is 1.26. The van der Waals surface area contributed by atoms with E-state index in [0.717, 1.165) is 16.4 Å². The molecule has 4 heterocycles. The third-order valence-corrected chi connectivity index (χ3v) is 5.70. The molecular weight excluding hydrogens is 436 g/mol. The lowest BCUT2D eigenvalue weighted by atomic mass is 10.1. The molecular formula is C26H18N2O6. The molecule has 3 aromatic heterocycles. The minimum absolute atomic E-state index is 0.253. The van der Waals surface area contributed by atoms with E-state index in [1.54, 1.807) is 36.6 Å². The van der Waals surface area contributed by atoms with Gasteiger partial charge in [0.2, 0.25) is 0 Å². The Morgan fingerprint density at radius 3 is 2.71 bits per heavy atom. The van der Waals surface area contributed by atoms with Crippen molar-refractivity contribution in [2.75, 3.05) is 6.61 Å². The van der Waals surface area contributed by atoms with Crippen LogP contribution in [-0.4, -0.2) is 23.2 Å². The Kier molecular flexibility index (Phi) is 4.76. The Labute approximate surface area is 192 Å². The summed E-state index contributed by atoms with van der Waals surface area (Å²) < 4.78 is 22.4. The van der Waals surface area contributed by atoms with Crippen LogP contribution >= 0.6 is 0 Å². The number of nitrogens with zero attached hydrogens (tertiary/aromatic N) is 2. The average molecular weight is 454 g/mol. The number of furan rings is 2. The first-order chi connectivity index (χ1) is 16.6. The second-order valence-corrected chi connectivity index (χ2v) is 7.91. The molecule has 8 nitrogen and oxygen atoms in total. The molecule has 2 aromatic carbocycles. The predicted octanol–water partition coefficient (Wildman–Crippen LogP) is 4.89. The van der Waals surface area contributed by atoms with Crippen LogP contribution in [0.4, 0.5) is 0 Å². The highest BCUT2D eigenvalue weighted by molar-refractivity contribution is 6.03. The standard InChI is InChI=1S/C26H18N2O6/c29-25(15-32-18-9-7-16-8-10-26(30)34-23(16)13-18)28-20(22-6-3-11-31-22)14-19(27-28)24-12-17-4-1-2-5-21(17)33-24/h1-13,20H,14-15H2. The van der Waals surface area contributed by atoms with Crippen LogP contribution in [0.1, 0.15) is 24.0 Å². The van der Waals surface area contributed by atoms with Gasteiger partial charge in [-0.2, -0.15) is 5.10 Å². The molecule has 1 atom stereocenters. The Morgan fingerprint density at radius 1 is 0.971 bits per heavy atom. The normalized spacial score (nSPS) is 15.7. The highest BCUT2D eigenvalue weighted by atomic mass is 16.5. The lowest BCUT2D eigenvalue weighted by molar-refractivity contribution is -0.135. The number of carbonyl (C=O) groups is 1. The van der Waals surface area contributed by atoms with Gasteiger partial charge in [0.25, 0.3) is 5.91 Å². The number of rotatable bonds is 5. The second-order valence-electron chi connectivity index (χ2n) is 7.91. The third-order valence-electron chi connectivity index (χ3n) is 5.70. The van der Waals surface area contributed by atoms with Crippen LogP contribution in [0.15, 0.2) is 102 Å². The second kappa shape index (κ2) is 8.08. The van der Waals surface area contributed by atoms with Gasteiger partial charge in [-0.05, 0) is 42.5 Å². The summed E-state index contributed by atoms with van der Waals surface area (Å²) in [7, 11) is 0. The Hall–Kier alpha value is -4.59. The highest BCUT2D eigenvalue weighted by Crippen LogP contribution is 2.34. The van der Waals surface area contributed by atoms with Gasteiger partial charge in [0.05, 0.1) is 6.26 Å². The molecule has 0 N–H and O–H groups in total. The minimum Gasteiger partial charge on any atom is -0.484 e. The van der Waals surface area contributed by atoms with Crippen molar-refractivity contribution in [2.24, 2.45) is 5.10 Å². The van der Waals surface area contributed by atoms with Crippen LogP contribution in [0, 0.1) is 0 Å². The average Bonchev–Trinajstić information content (AvgIpc) is 3.60. The molecule has 0 aliphatic carbocycles. The van der Waals surface area contributed by atoms with Crippen molar-refractivity contribution in [2.45, 2.75) is 12.5 Å². The van der Waals surface area contributed by atoms with Gasteiger partial charge in [-0.3, -0.25) is 4.79 Å².